The molecule has 0 aromatic rings. The summed E-state index contributed by atoms with van der Waals surface area (Å²) in [6.07, 6.45) is 7.24. The van der Waals surface area contributed by atoms with E-state index in [1.807, 2.05) is 27.7 Å². The van der Waals surface area contributed by atoms with E-state index in [0.717, 1.165) is 30.8 Å². The number of carbonyl (C=O) groups excluding carboxylic acids is 1. The third-order valence-corrected chi connectivity index (χ3v) is 4.41. The lowest BCUT2D eigenvalue weighted by atomic mass is 9.94. The molecule has 3 atom stereocenters. The summed E-state index contributed by atoms with van der Waals surface area (Å²) in [6, 6.07) is 0. The second kappa shape index (κ2) is 6.82. The molecule has 0 heterocycles. The first kappa shape index (κ1) is 16.3. The van der Waals surface area contributed by atoms with Crippen LogP contribution in [0.25, 0.3) is 0 Å². The van der Waals surface area contributed by atoms with Crippen LogP contribution in [-0.4, -0.2) is 42.8 Å². The lowest BCUT2D eigenvalue weighted by Crippen LogP contribution is -2.41. The summed E-state index contributed by atoms with van der Waals surface area (Å²) in [5, 5.41) is 3.51. The predicted octanol–water partition coefficient (Wildman–Crippen LogP) is 3.05. The number of rotatable bonds is 6. The molecule has 1 amide bonds. The molecule has 3 unspecified atom stereocenters. The molecule has 2 aliphatic carbocycles. The van der Waals surface area contributed by atoms with Crippen LogP contribution in [0.3, 0.4) is 0 Å². The van der Waals surface area contributed by atoms with E-state index in [9.17, 15) is 4.79 Å². The Hall–Kier alpha value is -1.03. The van der Waals surface area contributed by atoms with Gasteiger partial charge < -0.3 is 15.0 Å². The summed E-state index contributed by atoms with van der Waals surface area (Å²) >= 11 is 0. The van der Waals surface area contributed by atoms with Gasteiger partial charge in [-0.25, -0.2) is 4.79 Å². The minimum atomic E-state index is -0.423. The molecular formula is C17H30N2O2. The van der Waals surface area contributed by atoms with Crippen molar-refractivity contribution in [1.82, 2.24) is 10.2 Å². The number of carbonyl (C=O) groups is 1. The molecule has 0 aromatic carbocycles. The fourth-order valence-corrected chi connectivity index (χ4v) is 3.34. The zero-order chi connectivity index (χ0) is 15.5. The lowest BCUT2D eigenvalue weighted by Gasteiger charge is -2.27. The van der Waals surface area contributed by atoms with E-state index in [2.05, 4.69) is 17.5 Å². The van der Waals surface area contributed by atoms with E-state index in [1.165, 1.54) is 12.8 Å². The van der Waals surface area contributed by atoms with Crippen molar-refractivity contribution >= 4 is 6.09 Å². The predicted molar refractivity (Wildman–Crippen MR) is 85.2 cm³/mol. The van der Waals surface area contributed by atoms with Crippen LogP contribution in [0.1, 0.15) is 40.5 Å². The molecule has 1 saturated carbocycles. The minimum Gasteiger partial charge on any atom is -0.444 e. The number of ether oxygens (including phenoxy) is 1. The van der Waals surface area contributed by atoms with Crippen molar-refractivity contribution in [2.45, 2.75) is 46.1 Å². The van der Waals surface area contributed by atoms with Crippen molar-refractivity contribution in [3.63, 3.8) is 0 Å². The smallest absolute Gasteiger partial charge is 0.410 e. The van der Waals surface area contributed by atoms with Gasteiger partial charge in [0.05, 0.1) is 0 Å². The number of allylic oxidation sites excluding steroid dienone is 2. The highest BCUT2D eigenvalue weighted by molar-refractivity contribution is 5.68. The summed E-state index contributed by atoms with van der Waals surface area (Å²) < 4.78 is 5.41. The van der Waals surface area contributed by atoms with Gasteiger partial charge in [-0.1, -0.05) is 12.2 Å². The van der Waals surface area contributed by atoms with E-state index < -0.39 is 5.60 Å². The van der Waals surface area contributed by atoms with Gasteiger partial charge >= 0.3 is 6.09 Å². The summed E-state index contributed by atoms with van der Waals surface area (Å²) in [5.41, 5.74) is -0.423. The zero-order valence-corrected chi connectivity index (χ0v) is 13.9. The largest absolute Gasteiger partial charge is 0.444 e. The Kier molecular flexibility index (Phi) is 5.31. The second-order valence-corrected chi connectivity index (χ2v) is 7.30. The number of amides is 1. The first-order valence-electron chi connectivity index (χ1n) is 8.26. The quantitative estimate of drug-likeness (QED) is 0.605. The molecule has 4 heteroatoms. The molecule has 120 valence electrons. The maximum absolute atomic E-state index is 12.0. The van der Waals surface area contributed by atoms with Crippen LogP contribution < -0.4 is 5.32 Å². The van der Waals surface area contributed by atoms with Crippen LogP contribution in [0.5, 0.6) is 0 Å². The maximum atomic E-state index is 12.0. The molecule has 21 heavy (non-hydrogen) atoms. The van der Waals surface area contributed by atoms with Gasteiger partial charge in [-0.3, -0.25) is 0 Å². The van der Waals surface area contributed by atoms with Crippen molar-refractivity contribution in [2.75, 3.05) is 26.2 Å². The van der Waals surface area contributed by atoms with Crippen LogP contribution in [0, 0.1) is 17.8 Å². The molecule has 0 aliphatic heterocycles. The normalized spacial score (nSPS) is 27.1. The van der Waals surface area contributed by atoms with E-state index in [4.69, 9.17) is 4.74 Å². The molecule has 1 N–H and O–H groups in total. The lowest BCUT2D eigenvalue weighted by molar-refractivity contribution is 0.0262. The zero-order valence-electron chi connectivity index (χ0n) is 13.9. The molecule has 0 saturated heterocycles. The first-order valence-corrected chi connectivity index (χ1v) is 8.26. The third-order valence-electron chi connectivity index (χ3n) is 4.41. The van der Waals surface area contributed by atoms with Crippen LogP contribution in [-0.2, 0) is 4.74 Å². The Morgan fingerprint density at radius 1 is 1.33 bits per heavy atom. The minimum absolute atomic E-state index is 0.213. The van der Waals surface area contributed by atoms with Crippen molar-refractivity contribution in [3.05, 3.63) is 12.2 Å². The fraction of sp³-hybridized carbons (Fsp3) is 0.824. The monoisotopic (exact) mass is 294 g/mol. The van der Waals surface area contributed by atoms with Crippen molar-refractivity contribution < 1.29 is 9.53 Å². The van der Waals surface area contributed by atoms with Gasteiger partial charge in [-0.2, -0.15) is 0 Å². The topological polar surface area (TPSA) is 41.6 Å². The third kappa shape index (κ3) is 4.73. The summed E-state index contributed by atoms with van der Waals surface area (Å²) in [6.45, 7) is 11.0. The molecule has 2 rings (SSSR count). The van der Waals surface area contributed by atoms with E-state index in [-0.39, 0.29) is 6.09 Å². The van der Waals surface area contributed by atoms with Crippen LogP contribution in [0.15, 0.2) is 12.2 Å². The van der Waals surface area contributed by atoms with Gasteiger partial charge in [0.2, 0.25) is 0 Å². The highest BCUT2D eigenvalue weighted by atomic mass is 16.6. The second-order valence-electron chi connectivity index (χ2n) is 7.30. The average molecular weight is 294 g/mol. The maximum Gasteiger partial charge on any atom is 0.410 e. The van der Waals surface area contributed by atoms with Gasteiger partial charge in [-0.05, 0) is 64.8 Å². The van der Waals surface area contributed by atoms with Gasteiger partial charge in [0.15, 0.2) is 0 Å². The standard InChI is InChI=1S/C17H30N2O2/c1-5-19(16(20)21-17(2,3)4)9-8-18-12-15-11-13-6-7-14(15)10-13/h6-7,13-15,18H,5,8-12H2,1-4H3. The first-order chi connectivity index (χ1) is 9.89. The Balaban J connectivity index is 1.64. The molecule has 1 fully saturated rings. The van der Waals surface area contributed by atoms with Gasteiger partial charge in [0, 0.05) is 19.6 Å². The fourth-order valence-electron chi connectivity index (χ4n) is 3.34. The molecule has 2 aliphatic rings. The Labute approximate surface area is 128 Å². The van der Waals surface area contributed by atoms with E-state index in [1.54, 1.807) is 4.90 Å². The van der Waals surface area contributed by atoms with Gasteiger partial charge in [-0.15, -0.1) is 0 Å². The number of hydrogen-bond acceptors (Lipinski definition) is 3. The van der Waals surface area contributed by atoms with Gasteiger partial charge in [0.25, 0.3) is 0 Å². The van der Waals surface area contributed by atoms with E-state index in [0.29, 0.717) is 13.1 Å². The van der Waals surface area contributed by atoms with Crippen molar-refractivity contribution in [3.8, 4) is 0 Å². The number of nitrogens with zero attached hydrogens (tertiary/aromatic N) is 1. The number of nitrogens with one attached hydrogen (secondary N) is 1. The Morgan fingerprint density at radius 3 is 2.62 bits per heavy atom. The highest BCUT2D eigenvalue weighted by Crippen LogP contribution is 2.42. The number of hydrogen-bond donors (Lipinski definition) is 1. The van der Waals surface area contributed by atoms with Crippen molar-refractivity contribution in [1.29, 1.82) is 0 Å². The summed E-state index contributed by atoms with van der Waals surface area (Å²) in [4.78, 5) is 13.8. The van der Waals surface area contributed by atoms with Crippen molar-refractivity contribution in [2.24, 2.45) is 17.8 Å². The molecule has 0 aromatic heterocycles. The van der Waals surface area contributed by atoms with E-state index >= 15 is 0 Å². The Bertz CT molecular complexity index is 387. The van der Waals surface area contributed by atoms with Crippen LogP contribution in [0.2, 0.25) is 0 Å². The average Bonchev–Trinajstić information content (AvgIpc) is 2.98. The summed E-state index contributed by atoms with van der Waals surface area (Å²) in [7, 11) is 0. The molecule has 0 radical (unpaired) electrons. The molecule has 4 nitrogen and oxygen atoms in total. The van der Waals surface area contributed by atoms with Crippen LogP contribution >= 0.6 is 0 Å². The molecular weight excluding hydrogens is 264 g/mol. The molecule has 0 spiro atoms. The highest BCUT2D eigenvalue weighted by Gasteiger charge is 2.34. The van der Waals surface area contributed by atoms with Crippen LogP contribution in [0.4, 0.5) is 4.79 Å². The Morgan fingerprint density at radius 2 is 2.10 bits per heavy atom. The molecule has 2 bridgehead atoms. The van der Waals surface area contributed by atoms with Gasteiger partial charge in [0.1, 0.15) is 5.60 Å². The number of fused-ring (bicyclic) bond motifs is 2. The number of likely N-dealkylation sites (N-methyl/N-ethyl adjacent to an activating group) is 1. The SMILES string of the molecule is CCN(CCNCC1CC2C=CC1C2)C(=O)OC(C)(C)C. The summed E-state index contributed by atoms with van der Waals surface area (Å²) in [5.74, 6) is 2.41.